The summed E-state index contributed by atoms with van der Waals surface area (Å²) >= 11 is 1.82. The van der Waals surface area contributed by atoms with Crippen molar-refractivity contribution in [1.29, 1.82) is 0 Å². The Labute approximate surface area is 182 Å². The molecule has 0 N–H and O–H groups in total. The summed E-state index contributed by atoms with van der Waals surface area (Å²) in [5, 5.41) is 3.58. The summed E-state index contributed by atoms with van der Waals surface area (Å²) < 4.78 is 13.1. The van der Waals surface area contributed by atoms with Gasteiger partial charge in [-0.2, -0.15) is 0 Å². The van der Waals surface area contributed by atoms with E-state index in [1.54, 1.807) is 0 Å². The second-order valence-corrected chi connectivity index (χ2v) is 8.99. The SMILES string of the molecule is CN1CCOc2cc(OCCCN3CCN(c4cccc5sccc45)CC3)ccc21. The summed E-state index contributed by atoms with van der Waals surface area (Å²) in [6, 6.07) is 15.1. The number of benzene rings is 2. The molecule has 0 aliphatic carbocycles. The third-order valence-corrected chi connectivity index (χ3v) is 6.98. The maximum atomic E-state index is 5.99. The van der Waals surface area contributed by atoms with E-state index < -0.39 is 0 Å². The summed E-state index contributed by atoms with van der Waals surface area (Å²) in [5.74, 6) is 1.83. The fourth-order valence-electron chi connectivity index (χ4n) is 4.37. The molecule has 158 valence electrons. The fourth-order valence-corrected chi connectivity index (χ4v) is 5.18. The molecule has 5 rings (SSSR count). The molecule has 1 saturated heterocycles. The van der Waals surface area contributed by atoms with E-state index in [0.717, 1.165) is 76.1 Å². The van der Waals surface area contributed by atoms with E-state index in [0.29, 0.717) is 0 Å². The molecule has 30 heavy (non-hydrogen) atoms. The molecule has 0 bridgehead atoms. The van der Waals surface area contributed by atoms with Crippen molar-refractivity contribution in [2.45, 2.75) is 6.42 Å². The van der Waals surface area contributed by atoms with Crippen molar-refractivity contribution in [2.75, 3.05) is 69.3 Å². The molecule has 2 aliphatic heterocycles. The van der Waals surface area contributed by atoms with Crippen molar-refractivity contribution < 1.29 is 9.47 Å². The van der Waals surface area contributed by atoms with Crippen LogP contribution in [0, 0.1) is 0 Å². The van der Waals surface area contributed by atoms with Gasteiger partial charge < -0.3 is 19.3 Å². The number of ether oxygens (including phenoxy) is 2. The summed E-state index contributed by atoms with van der Waals surface area (Å²) in [6.45, 7) is 7.89. The van der Waals surface area contributed by atoms with Gasteiger partial charge in [-0.15, -0.1) is 11.3 Å². The number of rotatable bonds is 6. The second-order valence-electron chi connectivity index (χ2n) is 8.04. The minimum atomic E-state index is 0.736. The van der Waals surface area contributed by atoms with Crippen LogP contribution >= 0.6 is 11.3 Å². The Kier molecular flexibility index (Phi) is 5.69. The third kappa shape index (κ3) is 4.07. The van der Waals surface area contributed by atoms with Crippen LogP contribution in [0.3, 0.4) is 0 Å². The lowest BCUT2D eigenvalue weighted by atomic mass is 10.2. The van der Waals surface area contributed by atoms with Crippen molar-refractivity contribution in [2.24, 2.45) is 0 Å². The fraction of sp³-hybridized carbons (Fsp3) is 0.417. The molecule has 3 aromatic rings. The van der Waals surface area contributed by atoms with Crippen LogP contribution in [-0.2, 0) is 0 Å². The average Bonchev–Trinajstić information content (AvgIpc) is 3.26. The summed E-state index contributed by atoms with van der Waals surface area (Å²) in [6.07, 6.45) is 1.04. The van der Waals surface area contributed by atoms with E-state index in [-0.39, 0.29) is 0 Å². The maximum absolute atomic E-state index is 5.99. The van der Waals surface area contributed by atoms with Crippen LogP contribution < -0.4 is 19.3 Å². The second kappa shape index (κ2) is 8.74. The van der Waals surface area contributed by atoms with Gasteiger partial charge >= 0.3 is 0 Å². The molecule has 3 heterocycles. The smallest absolute Gasteiger partial charge is 0.146 e. The van der Waals surface area contributed by atoms with Gasteiger partial charge in [-0.1, -0.05) is 6.07 Å². The minimum Gasteiger partial charge on any atom is -0.493 e. The lowest BCUT2D eigenvalue weighted by Crippen LogP contribution is -2.46. The Morgan fingerprint density at radius 2 is 1.90 bits per heavy atom. The molecule has 2 aliphatic rings. The Morgan fingerprint density at radius 3 is 2.80 bits per heavy atom. The van der Waals surface area contributed by atoms with Crippen LogP contribution in [0.2, 0.25) is 0 Å². The van der Waals surface area contributed by atoms with Gasteiger partial charge in [-0.25, -0.2) is 0 Å². The lowest BCUT2D eigenvalue weighted by Gasteiger charge is -2.36. The van der Waals surface area contributed by atoms with Crippen molar-refractivity contribution in [3.8, 4) is 11.5 Å². The molecule has 6 heteroatoms. The number of thiophene rings is 1. The highest BCUT2D eigenvalue weighted by Gasteiger charge is 2.19. The van der Waals surface area contributed by atoms with Crippen molar-refractivity contribution >= 4 is 32.8 Å². The van der Waals surface area contributed by atoms with E-state index in [2.05, 4.69) is 57.5 Å². The highest BCUT2D eigenvalue weighted by atomic mass is 32.1. The van der Waals surface area contributed by atoms with Crippen molar-refractivity contribution in [1.82, 2.24) is 4.90 Å². The zero-order valence-electron chi connectivity index (χ0n) is 17.5. The standard InChI is InChI=1S/C24H29N3O2S/c1-25-14-16-29-23-18-19(6-7-22(23)25)28-15-3-9-26-10-12-27(13-11-26)21-4-2-5-24-20(21)8-17-30-24/h2,4-8,17-18H,3,9-16H2,1H3. The van der Waals surface area contributed by atoms with Gasteiger partial charge in [-0.3, -0.25) is 4.90 Å². The number of hydrogen-bond donors (Lipinski definition) is 0. The first kappa shape index (κ1) is 19.5. The van der Waals surface area contributed by atoms with Crippen molar-refractivity contribution in [3.05, 3.63) is 47.8 Å². The lowest BCUT2D eigenvalue weighted by molar-refractivity contribution is 0.224. The van der Waals surface area contributed by atoms with Gasteiger partial charge in [0.05, 0.1) is 18.8 Å². The van der Waals surface area contributed by atoms with Crippen molar-refractivity contribution in [3.63, 3.8) is 0 Å². The average molecular weight is 424 g/mol. The largest absolute Gasteiger partial charge is 0.493 e. The van der Waals surface area contributed by atoms with Crippen LogP contribution in [-0.4, -0.2) is 64.4 Å². The summed E-state index contributed by atoms with van der Waals surface area (Å²) in [5.41, 5.74) is 2.53. The van der Waals surface area contributed by atoms with E-state index in [4.69, 9.17) is 9.47 Å². The Balaban J connectivity index is 1.08. The molecule has 1 fully saturated rings. The molecule has 0 unspecified atom stereocenters. The van der Waals surface area contributed by atoms with Crippen LogP contribution in [0.5, 0.6) is 11.5 Å². The van der Waals surface area contributed by atoms with Crippen LogP contribution in [0.4, 0.5) is 11.4 Å². The molecule has 0 radical (unpaired) electrons. The molecular weight excluding hydrogens is 394 g/mol. The number of fused-ring (bicyclic) bond motifs is 2. The first-order valence-electron chi connectivity index (χ1n) is 10.8. The van der Waals surface area contributed by atoms with Crippen LogP contribution in [0.1, 0.15) is 6.42 Å². The maximum Gasteiger partial charge on any atom is 0.146 e. The quantitative estimate of drug-likeness (QED) is 0.551. The van der Waals surface area contributed by atoms with E-state index >= 15 is 0 Å². The summed E-state index contributed by atoms with van der Waals surface area (Å²) in [4.78, 5) is 7.31. The van der Waals surface area contributed by atoms with Crippen LogP contribution in [0.25, 0.3) is 10.1 Å². The molecule has 0 atom stereocenters. The predicted octanol–water partition coefficient (Wildman–Crippen LogP) is 4.32. The highest BCUT2D eigenvalue weighted by Crippen LogP contribution is 2.34. The predicted molar refractivity (Wildman–Crippen MR) is 126 cm³/mol. The first-order valence-corrected chi connectivity index (χ1v) is 11.7. The Bertz CT molecular complexity index is 997. The number of likely N-dealkylation sites (N-methyl/N-ethyl adjacent to an activating group) is 1. The Morgan fingerprint density at radius 1 is 1.00 bits per heavy atom. The van der Waals surface area contributed by atoms with E-state index in [1.165, 1.54) is 15.8 Å². The van der Waals surface area contributed by atoms with Gasteiger partial charge in [0.15, 0.2) is 0 Å². The monoisotopic (exact) mass is 423 g/mol. The zero-order valence-corrected chi connectivity index (χ0v) is 18.4. The van der Waals surface area contributed by atoms with Gasteiger partial charge in [0.1, 0.15) is 18.1 Å². The van der Waals surface area contributed by atoms with Gasteiger partial charge in [-0.05, 0) is 42.1 Å². The van der Waals surface area contributed by atoms with Gasteiger partial charge in [0.25, 0.3) is 0 Å². The number of hydrogen-bond acceptors (Lipinski definition) is 6. The van der Waals surface area contributed by atoms with Gasteiger partial charge in [0, 0.05) is 61.6 Å². The topological polar surface area (TPSA) is 28.2 Å². The molecule has 1 aromatic heterocycles. The number of anilines is 2. The summed E-state index contributed by atoms with van der Waals surface area (Å²) in [7, 11) is 2.10. The number of nitrogens with zero attached hydrogens (tertiary/aromatic N) is 3. The molecule has 2 aromatic carbocycles. The minimum absolute atomic E-state index is 0.736. The molecule has 0 saturated carbocycles. The normalized spacial score (nSPS) is 17.1. The van der Waals surface area contributed by atoms with Gasteiger partial charge in [0.2, 0.25) is 0 Å². The zero-order chi connectivity index (χ0) is 20.3. The van der Waals surface area contributed by atoms with E-state index in [1.807, 2.05) is 23.5 Å². The molecule has 0 spiro atoms. The first-order chi connectivity index (χ1) is 14.8. The van der Waals surface area contributed by atoms with Crippen LogP contribution in [0.15, 0.2) is 47.8 Å². The molecule has 0 amide bonds. The molecular formula is C24H29N3O2S. The number of piperazine rings is 1. The molecule has 5 nitrogen and oxygen atoms in total. The highest BCUT2D eigenvalue weighted by molar-refractivity contribution is 7.17. The van der Waals surface area contributed by atoms with E-state index in [9.17, 15) is 0 Å². The Hall–Kier alpha value is -2.44. The third-order valence-electron chi connectivity index (χ3n) is 6.10.